The van der Waals surface area contributed by atoms with E-state index in [9.17, 15) is 5.11 Å². The van der Waals surface area contributed by atoms with Gasteiger partial charge in [0.15, 0.2) is 0 Å². The van der Waals surface area contributed by atoms with E-state index in [2.05, 4.69) is 10.1 Å². The van der Waals surface area contributed by atoms with Gasteiger partial charge in [0.2, 0.25) is 0 Å². The van der Waals surface area contributed by atoms with Crippen molar-refractivity contribution in [3.63, 3.8) is 0 Å². The first-order chi connectivity index (χ1) is 9.60. The van der Waals surface area contributed by atoms with Crippen LogP contribution in [0.25, 0.3) is 0 Å². The van der Waals surface area contributed by atoms with Crippen molar-refractivity contribution < 1.29 is 9.84 Å². The summed E-state index contributed by atoms with van der Waals surface area (Å²) in [6.07, 6.45) is 1.54. The SMILES string of the molecule is CCn1ncnc1CC(O)c1ccc(OC(C)C)cc1. The van der Waals surface area contributed by atoms with E-state index in [-0.39, 0.29) is 6.10 Å². The molecule has 0 spiro atoms. The average molecular weight is 275 g/mol. The van der Waals surface area contributed by atoms with Gasteiger partial charge in [0.25, 0.3) is 0 Å². The Labute approximate surface area is 119 Å². The zero-order valence-corrected chi connectivity index (χ0v) is 12.2. The van der Waals surface area contributed by atoms with E-state index in [0.717, 1.165) is 23.7 Å². The van der Waals surface area contributed by atoms with Gasteiger partial charge >= 0.3 is 0 Å². The normalized spacial score (nSPS) is 12.7. The van der Waals surface area contributed by atoms with Gasteiger partial charge in [-0.3, -0.25) is 4.68 Å². The maximum absolute atomic E-state index is 10.3. The molecular weight excluding hydrogens is 254 g/mol. The summed E-state index contributed by atoms with van der Waals surface area (Å²) in [7, 11) is 0. The maximum atomic E-state index is 10.3. The van der Waals surface area contributed by atoms with Crippen molar-refractivity contribution in [2.24, 2.45) is 0 Å². The van der Waals surface area contributed by atoms with Crippen LogP contribution in [0, 0.1) is 0 Å². The molecule has 1 atom stereocenters. The van der Waals surface area contributed by atoms with E-state index in [1.54, 1.807) is 4.68 Å². The van der Waals surface area contributed by atoms with E-state index in [1.807, 2.05) is 45.0 Å². The number of aromatic nitrogens is 3. The Bertz CT molecular complexity index is 534. The van der Waals surface area contributed by atoms with Crippen LogP contribution in [-0.2, 0) is 13.0 Å². The van der Waals surface area contributed by atoms with Crippen LogP contribution in [0.15, 0.2) is 30.6 Å². The predicted molar refractivity (Wildman–Crippen MR) is 76.6 cm³/mol. The Balaban J connectivity index is 2.04. The quantitative estimate of drug-likeness (QED) is 0.879. The molecule has 0 bridgehead atoms. The lowest BCUT2D eigenvalue weighted by molar-refractivity contribution is 0.174. The fourth-order valence-corrected chi connectivity index (χ4v) is 2.04. The molecule has 1 unspecified atom stereocenters. The highest BCUT2D eigenvalue weighted by atomic mass is 16.5. The molecule has 5 nitrogen and oxygen atoms in total. The van der Waals surface area contributed by atoms with Crippen LogP contribution in [-0.4, -0.2) is 26.0 Å². The molecule has 20 heavy (non-hydrogen) atoms. The number of benzene rings is 1. The van der Waals surface area contributed by atoms with Crippen molar-refractivity contribution in [3.05, 3.63) is 42.0 Å². The van der Waals surface area contributed by atoms with Crippen LogP contribution >= 0.6 is 0 Å². The summed E-state index contributed by atoms with van der Waals surface area (Å²) in [5.41, 5.74) is 0.853. The van der Waals surface area contributed by atoms with Crippen molar-refractivity contribution in [2.75, 3.05) is 0 Å². The topological polar surface area (TPSA) is 60.2 Å². The van der Waals surface area contributed by atoms with E-state index in [0.29, 0.717) is 6.42 Å². The Morgan fingerprint density at radius 1 is 1.25 bits per heavy atom. The number of aliphatic hydroxyl groups is 1. The van der Waals surface area contributed by atoms with Gasteiger partial charge in [0.1, 0.15) is 17.9 Å². The molecule has 0 amide bonds. The van der Waals surface area contributed by atoms with E-state index in [1.165, 1.54) is 6.33 Å². The standard InChI is InChI=1S/C15H21N3O2/c1-4-18-15(16-10-17-18)9-14(19)12-5-7-13(8-6-12)20-11(2)3/h5-8,10-11,14,19H,4,9H2,1-3H3. The Morgan fingerprint density at radius 3 is 2.55 bits per heavy atom. The Hall–Kier alpha value is -1.88. The van der Waals surface area contributed by atoms with Crippen LogP contribution in [0.4, 0.5) is 0 Å². The number of rotatable bonds is 6. The summed E-state index contributed by atoms with van der Waals surface area (Å²) in [6.45, 7) is 6.73. The molecule has 1 heterocycles. The third-order valence-electron chi connectivity index (χ3n) is 3.01. The van der Waals surface area contributed by atoms with Crippen molar-refractivity contribution in [2.45, 2.75) is 45.9 Å². The minimum atomic E-state index is -0.586. The number of hydrogen-bond donors (Lipinski definition) is 1. The van der Waals surface area contributed by atoms with Gasteiger partial charge in [-0.2, -0.15) is 5.10 Å². The van der Waals surface area contributed by atoms with Crippen LogP contribution in [0.1, 0.15) is 38.3 Å². The predicted octanol–water partition coefficient (Wildman–Crippen LogP) is 2.36. The lowest BCUT2D eigenvalue weighted by Gasteiger charge is -2.13. The number of hydrogen-bond acceptors (Lipinski definition) is 4. The highest BCUT2D eigenvalue weighted by molar-refractivity contribution is 5.29. The summed E-state index contributed by atoms with van der Waals surface area (Å²) in [6, 6.07) is 7.52. The molecule has 108 valence electrons. The van der Waals surface area contributed by atoms with Crippen LogP contribution in [0.2, 0.25) is 0 Å². The molecule has 2 rings (SSSR count). The zero-order chi connectivity index (χ0) is 14.5. The molecule has 0 radical (unpaired) electrons. The van der Waals surface area contributed by atoms with Gasteiger partial charge in [0, 0.05) is 13.0 Å². The fraction of sp³-hybridized carbons (Fsp3) is 0.467. The molecular formula is C15H21N3O2. The van der Waals surface area contributed by atoms with Gasteiger partial charge in [-0.1, -0.05) is 12.1 Å². The van der Waals surface area contributed by atoms with Gasteiger partial charge in [-0.15, -0.1) is 0 Å². The molecule has 1 N–H and O–H groups in total. The second kappa shape index (κ2) is 6.52. The number of ether oxygens (including phenoxy) is 1. The van der Waals surface area contributed by atoms with Gasteiger partial charge in [0.05, 0.1) is 12.2 Å². The first-order valence-corrected chi connectivity index (χ1v) is 6.91. The second-order valence-electron chi connectivity index (χ2n) is 4.95. The summed E-state index contributed by atoms with van der Waals surface area (Å²) in [4.78, 5) is 4.18. The Morgan fingerprint density at radius 2 is 1.95 bits per heavy atom. The van der Waals surface area contributed by atoms with Crippen molar-refractivity contribution >= 4 is 0 Å². The van der Waals surface area contributed by atoms with Gasteiger partial charge in [-0.25, -0.2) is 4.98 Å². The van der Waals surface area contributed by atoms with E-state index < -0.39 is 6.10 Å². The van der Waals surface area contributed by atoms with Crippen molar-refractivity contribution in [1.82, 2.24) is 14.8 Å². The molecule has 0 saturated carbocycles. The second-order valence-corrected chi connectivity index (χ2v) is 4.95. The minimum absolute atomic E-state index is 0.147. The highest BCUT2D eigenvalue weighted by Crippen LogP contribution is 2.21. The molecule has 0 aliphatic heterocycles. The molecule has 0 saturated heterocycles. The van der Waals surface area contributed by atoms with E-state index >= 15 is 0 Å². The smallest absolute Gasteiger partial charge is 0.138 e. The lowest BCUT2D eigenvalue weighted by Crippen LogP contribution is -2.10. The van der Waals surface area contributed by atoms with E-state index in [4.69, 9.17) is 4.74 Å². The molecule has 1 aromatic heterocycles. The number of nitrogens with zero attached hydrogens (tertiary/aromatic N) is 3. The number of aryl methyl sites for hydroxylation is 1. The molecule has 0 aliphatic carbocycles. The minimum Gasteiger partial charge on any atom is -0.491 e. The molecule has 0 aliphatic rings. The summed E-state index contributed by atoms with van der Waals surface area (Å²) in [5, 5.41) is 14.4. The van der Waals surface area contributed by atoms with Gasteiger partial charge in [-0.05, 0) is 38.5 Å². The van der Waals surface area contributed by atoms with Crippen LogP contribution in [0.5, 0.6) is 5.75 Å². The molecule has 5 heteroatoms. The van der Waals surface area contributed by atoms with Crippen molar-refractivity contribution in [3.8, 4) is 5.75 Å². The molecule has 0 fully saturated rings. The van der Waals surface area contributed by atoms with Crippen LogP contribution in [0.3, 0.4) is 0 Å². The zero-order valence-electron chi connectivity index (χ0n) is 12.2. The lowest BCUT2D eigenvalue weighted by atomic mass is 10.1. The summed E-state index contributed by atoms with van der Waals surface area (Å²) < 4.78 is 7.37. The average Bonchev–Trinajstić information content (AvgIpc) is 2.86. The third-order valence-corrected chi connectivity index (χ3v) is 3.01. The first kappa shape index (κ1) is 14.5. The summed E-state index contributed by atoms with van der Waals surface area (Å²) >= 11 is 0. The van der Waals surface area contributed by atoms with Gasteiger partial charge < -0.3 is 9.84 Å². The fourth-order valence-electron chi connectivity index (χ4n) is 2.04. The molecule has 2 aromatic rings. The maximum Gasteiger partial charge on any atom is 0.138 e. The molecule has 1 aromatic carbocycles. The summed E-state index contributed by atoms with van der Waals surface area (Å²) in [5.74, 6) is 1.61. The number of aliphatic hydroxyl groups excluding tert-OH is 1. The first-order valence-electron chi connectivity index (χ1n) is 6.91. The highest BCUT2D eigenvalue weighted by Gasteiger charge is 2.13. The largest absolute Gasteiger partial charge is 0.491 e. The van der Waals surface area contributed by atoms with Crippen molar-refractivity contribution in [1.29, 1.82) is 0 Å². The Kier molecular flexibility index (Phi) is 4.74. The third kappa shape index (κ3) is 3.57. The van der Waals surface area contributed by atoms with Crippen LogP contribution < -0.4 is 4.74 Å². The monoisotopic (exact) mass is 275 g/mol.